The Balaban J connectivity index is 1.93. The van der Waals surface area contributed by atoms with Crippen LogP contribution in [0.25, 0.3) is 0 Å². The molecule has 0 aromatic heterocycles. The third kappa shape index (κ3) is 2.61. The van der Waals surface area contributed by atoms with Gasteiger partial charge in [0, 0.05) is 23.9 Å². The normalized spacial score (nSPS) is 18.3. The van der Waals surface area contributed by atoms with E-state index in [1.165, 1.54) is 0 Å². The molecular weight excluding hydrogens is 336 g/mol. The number of carbonyl (C=O) groups excluding carboxylic acids is 2. The van der Waals surface area contributed by atoms with Gasteiger partial charge < -0.3 is 10.2 Å². The Morgan fingerprint density at radius 1 is 0.926 bits per heavy atom. The number of hydrogen-bond acceptors (Lipinski definition) is 2. The van der Waals surface area contributed by atoms with Gasteiger partial charge in [0.15, 0.2) is 5.54 Å². The lowest BCUT2D eigenvalue weighted by molar-refractivity contribution is -0.122. The maximum Gasteiger partial charge on any atom is 0.261 e. The van der Waals surface area contributed by atoms with Gasteiger partial charge >= 0.3 is 0 Å². The lowest BCUT2D eigenvalue weighted by Gasteiger charge is -2.30. The van der Waals surface area contributed by atoms with Crippen molar-refractivity contribution in [3.63, 3.8) is 0 Å². The molecule has 27 heavy (non-hydrogen) atoms. The van der Waals surface area contributed by atoms with E-state index in [1.54, 1.807) is 24.1 Å². The van der Waals surface area contributed by atoms with Crippen LogP contribution in [0.3, 0.4) is 0 Å². The molecule has 4 nitrogen and oxygen atoms in total. The summed E-state index contributed by atoms with van der Waals surface area (Å²) >= 11 is 0. The Kier molecular flexibility index (Phi) is 4.04. The van der Waals surface area contributed by atoms with Gasteiger partial charge in [-0.1, -0.05) is 66.2 Å². The lowest BCUT2D eigenvalue weighted by Crippen LogP contribution is -2.53. The molecule has 0 saturated carbocycles. The minimum atomic E-state index is -1.25. The molecular formula is C23H20N2O2. The van der Waals surface area contributed by atoms with Gasteiger partial charge in [-0.2, -0.15) is 0 Å². The van der Waals surface area contributed by atoms with Crippen molar-refractivity contribution in [1.82, 2.24) is 5.32 Å². The first-order valence-electron chi connectivity index (χ1n) is 8.86. The van der Waals surface area contributed by atoms with Crippen LogP contribution in [-0.4, -0.2) is 18.9 Å². The van der Waals surface area contributed by atoms with Crippen LogP contribution in [0.15, 0.2) is 78.9 Å². The van der Waals surface area contributed by atoms with E-state index < -0.39 is 5.54 Å². The van der Waals surface area contributed by atoms with Crippen LogP contribution in [0.5, 0.6) is 0 Å². The zero-order valence-corrected chi connectivity index (χ0v) is 15.3. The fourth-order valence-corrected chi connectivity index (χ4v) is 3.71. The zero-order valence-electron chi connectivity index (χ0n) is 15.3. The number of hydrogen-bond donors (Lipinski definition) is 1. The molecule has 0 radical (unpaired) electrons. The van der Waals surface area contributed by atoms with E-state index in [4.69, 9.17) is 0 Å². The van der Waals surface area contributed by atoms with E-state index in [0.717, 1.165) is 22.4 Å². The van der Waals surface area contributed by atoms with Gasteiger partial charge in [0.2, 0.25) is 0 Å². The van der Waals surface area contributed by atoms with Crippen molar-refractivity contribution >= 4 is 17.5 Å². The Hall–Kier alpha value is -3.40. The molecule has 1 heterocycles. The molecule has 0 bridgehead atoms. The number of anilines is 1. The van der Waals surface area contributed by atoms with Crippen LogP contribution < -0.4 is 10.2 Å². The van der Waals surface area contributed by atoms with Crippen LogP contribution >= 0.6 is 0 Å². The zero-order chi connectivity index (χ0) is 19.0. The monoisotopic (exact) mass is 356 g/mol. The number of aryl methyl sites for hydroxylation is 1. The average molecular weight is 356 g/mol. The number of amides is 2. The predicted molar refractivity (Wildman–Crippen MR) is 106 cm³/mol. The van der Waals surface area contributed by atoms with E-state index in [1.807, 2.05) is 73.7 Å². The molecule has 4 rings (SSSR count). The molecule has 0 fully saturated rings. The fourth-order valence-electron chi connectivity index (χ4n) is 3.71. The molecule has 0 aliphatic carbocycles. The largest absolute Gasteiger partial charge is 0.330 e. The highest BCUT2D eigenvalue weighted by atomic mass is 16.2. The molecule has 0 saturated heterocycles. The van der Waals surface area contributed by atoms with Gasteiger partial charge in [-0.15, -0.1) is 0 Å². The summed E-state index contributed by atoms with van der Waals surface area (Å²) < 4.78 is 0. The third-order valence-electron chi connectivity index (χ3n) is 5.09. The first kappa shape index (κ1) is 17.0. The number of benzene rings is 3. The quantitative estimate of drug-likeness (QED) is 0.779. The molecule has 2 amide bonds. The van der Waals surface area contributed by atoms with E-state index in [2.05, 4.69) is 5.32 Å². The van der Waals surface area contributed by atoms with E-state index in [9.17, 15) is 9.59 Å². The van der Waals surface area contributed by atoms with Gasteiger partial charge in [-0.3, -0.25) is 9.59 Å². The topological polar surface area (TPSA) is 49.4 Å². The molecule has 134 valence electrons. The summed E-state index contributed by atoms with van der Waals surface area (Å²) in [6.07, 6.45) is 0. The lowest BCUT2D eigenvalue weighted by atomic mass is 9.83. The highest BCUT2D eigenvalue weighted by Crippen LogP contribution is 2.44. The summed E-state index contributed by atoms with van der Waals surface area (Å²) in [5.74, 6) is -0.450. The van der Waals surface area contributed by atoms with Crippen LogP contribution in [-0.2, 0) is 10.3 Å². The highest BCUT2D eigenvalue weighted by Gasteiger charge is 2.52. The maximum absolute atomic E-state index is 13.5. The number of carbonyl (C=O) groups is 2. The van der Waals surface area contributed by atoms with Gasteiger partial charge in [0.25, 0.3) is 11.8 Å². The smallest absolute Gasteiger partial charge is 0.261 e. The number of nitrogens with one attached hydrogen (secondary N) is 1. The van der Waals surface area contributed by atoms with Gasteiger partial charge in [0.05, 0.1) is 0 Å². The third-order valence-corrected chi connectivity index (χ3v) is 5.09. The number of nitrogens with zero attached hydrogens (tertiary/aromatic N) is 1. The van der Waals surface area contributed by atoms with Crippen molar-refractivity contribution in [3.05, 3.63) is 101 Å². The van der Waals surface area contributed by atoms with E-state index in [-0.39, 0.29) is 11.8 Å². The summed E-state index contributed by atoms with van der Waals surface area (Å²) in [4.78, 5) is 28.1. The molecule has 0 spiro atoms. The van der Waals surface area contributed by atoms with Crippen LogP contribution in [0.4, 0.5) is 5.69 Å². The molecule has 3 aromatic rings. The van der Waals surface area contributed by atoms with E-state index >= 15 is 0 Å². The first-order valence-corrected chi connectivity index (χ1v) is 8.86. The standard InChI is InChI=1S/C23H20N2O2/c1-16-13-14-20-19(15-16)23(22(27)25(20)2,18-11-7-4-8-12-18)24-21(26)17-9-5-3-6-10-17/h3-15H,1-2H3,(H,24,26). The minimum Gasteiger partial charge on any atom is -0.330 e. The second-order valence-electron chi connectivity index (χ2n) is 6.82. The van der Waals surface area contributed by atoms with Gasteiger partial charge in [-0.05, 0) is 30.7 Å². The summed E-state index contributed by atoms with van der Waals surface area (Å²) in [6.45, 7) is 1.98. The minimum absolute atomic E-state index is 0.168. The van der Waals surface area contributed by atoms with Crippen LogP contribution in [0.1, 0.15) is 27.0 Å². The summed E-state index contributed by atoms with van der Waals surface area (Å²) in [7, 11) is 1.75. The second-order valence-corrected chi connectivity index (χ2v) is 6.82. The molecule has 4 heteroatoms. The Labute approximate surface area is 158 Å². The van der Waals surface area contributed by atoms with Crippen molar-refractivity contribution in [2.24, 2.45) is 0 Å². The first-order chi connectivity index (χ1) is 13.0. The second kappa shape index (κ2) is 6.40. The summed E-state index contributed by atoms with van der Waals surface area (Å²) in [6, 6.07) is 24.3. The molecule has 1 aliphatic heterocycles. The average Bonchev–Trinajstić information content (AvgIpc) is 2.91. The van der Waals surface area contributed by atoms with Crippen molar-refractivity contribution in [2.45, 2.75) is 12.5 Å². The SMILES string of the molecule is Cc1ccc2c(c1)C(NC(=O)c1ccccc1)(c1ccccc1)C(=O)N2C. The number of likely N-dealkylation sites (N-methyl/N-ethyl adjacent to an activating group) is 1. The summed E-state index contributed by atoms with van der Waals surface area (Å²) in [5, 5.41) is 3.06. The molecule has 1 unspecified atom stereocenters. The Morgan fingerprint density at radius 2 is 1.56 bits per heavy atom. The Morgan fingerprint density at radius 3 is 2.22 bits per heavy atom. The molecule has 1 atom stereocenters. The predicted octanol–water partition coefficient (Wildman–Crippen LogP) is 3.65. The summed E-state index contributed by atoms with van der Waals surface area (Å²) in [5.41, 5.74) is 2.66. The number of fused-ring (bicyclic) bond motifs is 1. The fraction of sp³-hybridized carbons (Fsp3) is 0.130. The van der Waals surface area contributed by atoms with Crippen molar-refractivity contribution in [3.8, 4) is 0 Å². The Bertz CT molecular complexity index is 1020. The number of rotatable bonds is 3. The molecule has 1 N–H and O–H groups in total. The van der Waals surface area contributed by atoms with Crippen molar-refractivity contribution in [1.29, 1.82) is 0 Å². The van der Waals surface area contributed by atoms with Gasteiger partial charge in [0.1, 0.15) is 0 Å². The maximum atomic E-state index is 13.5. The van der Waals surface area contributed by atoms with Crippen molar-refractivity contribution in [2.75, 3.05) is 11.9 Å². The van der Waals surface area contributed by atoms with E-state index in [0.29, 0.717) is 5.56 Å². The van der Waals surface area contributed by atoms with Crippen molar-refractivity contribution < 1.29 is 9.59 Å². The molecule has 3 aromatic carbocycles. The van der Waals surface area contributed by atoms with Crippen LogP contribution in [0.2, 0.25) is 0 Å². The van der Waals surface area contributed by atoms with Gasteiger partial charge in [-0.25, -0.2) is 0 Å². The highest BCUT2D eigenvalue weighted by molar-refractivity contribution is 6.12. The van der Waals surface area contributed by atoms with Crippen LogP contribution in [0, 0.1) is 6.92 Å². The molecule has 1 aliphatic rings.